The van der Waals surface area contributed by atoms with E-state index in [1.54, 1.807) is 13.8 Å². The molecule has 0 spiro atoms. The second-order valence-electron chi connectivity index (χ2n) is 11.5. The summed E-state index contributed by atoms with van der Waals surface area (Å²) in [6.45, 7) is 11.4. The molecule has 0 aliphatic rings. The van der Waals surface area contributed by atoms with E-state index in [0.29, 0.717) is 25.8 Å². The number of hydrogen-bond donors (Lipinski definition) is 7. The number of carbonyl (C=O) groups excluding carboxylic acids is 5. The van der Waals surface area contributed by atoms with Crippen molar-refractivity contribution >= 4 is 35.5 Å². The Balaban J connectivity index is 5.63. The van der Waals surface area contributed by atoms with Crippen molar-refractivity contribution in [3.63, 3.8) is 0 Å². The number of likely N-dealkylation sites (N-methyl/N-ethyl adjacent to an activating group) is 1. The lowest BCUT2D eigenvalue weighted by atomic mass is 9.95. The molecule has 0 aliphatic heterocycles. The molecule has 0 radical (unpaired) electrons. The second-order valence-corrected chi connectivity index (χ2v) is 11.5. The van der Waals surface area contributed by atoms with Crippen molar-refractivity contribution in [1.29, 1.82) is 0 Å². The van der Waals surface area contributed by atoms with Crippen LogP contribution in [0.3, 0.4) is 0 Å². The minimum absolute atomic E-state index is 0.0291. The molecule has 0 rings (SSSR count). The first-order chi connectivity index (χ1) is 20.7. The summed E-state index contributed by atoms with van der Waals surface area (Å²) in [5, 5.41) is 33.1. The summed E-state index contributed by atoms with van der Waals surface area (Å²) in [5.74, 6) is -1.51. The fourth-order valence-electron chi connectivity index (χ4n) is 4.48. The van der Waals surface area contributed by atoms with Crippen LogP contribution in [0, 0.1) is 24.2 Å². The Morgan fingerprint density at radius 1 is 0.818 bits per heavy atom. The lowest BCUT2D eigenvalue weighted by Gasteiger charge is -2.30. The van der Waals surface area contributed by atoms with Crippen LogP contribution in [0.2, 0.25) is 0 Å². The third kappa shape index (κ3) is 16.3. The van der Waals surface area contributed by atoms with Gasteiger partial charge in [-0.3, -0.25) is 28.8 Å². The van der Waals surface area contributed by atoms with Crippen LogP contribution < -0.4 is 26.6 Å². The molecule has 13 nitrogen and oxygen atoms in total. The van der Waals surface area contributed by atoms with Crippen LogP contribution >= 0.6 is 0 Å². The summed E-state index contributed by atoms with van der Waals surface area (Å²) in [5.41, 5.74) is 0. The van der Waals surface area contributed by atoms with Crippen molar-refractivity contribution < 1.29 is 39.0 Å². The first kappa shape index (κ1) is 40.3. The van der Waals surface area contributed by atoms with Gasteiger partial charge in [-0.05, 0) is 38.0 Å². The van der Waals surface area contributed by atoms with Gasteiger partial charge in [0.1, 0.15) is 18.1 Å². The summed E-state index contributed by atoms with van der Waals surface area (Å²) in [4.78, 5) is 74.8. The second kappa shape index (κ2) is 21.9. The van der Waals surface area contributed by atoms with Crippen molar-refractivity contribution in [2.24, 2.45) is 11.8 Å². The minimum atomic E-state index is -1.29. The Kier molecular flexibility index (Phi) is 20.1. The van der Waals surface area contributed by atoms with Crippen LogP contribution in [-0.4, -0.2) is 82.5 Å². The van der Waals surface area contributed by atoms with E-state index in [2.05, 4.69) is 32.5 Å². The maximum atomic E-state index is 13.4. The molecule has 0 aliphatic carbocycles. The van der Waals surface area contributed by atoms with Gasteiger partial charge in [0.25, 0.3) is 0 Å². The maximum Gasteiger partial charge on any atom is 0.303 e. The van der Waals surface area contributed by atoms with Gasteiger partial charge in [-0.1, -0.05) is 47.5 Å². The van der Waals surface area contributed by atoms with E-state index in [1.165, 1.54) is 0 Å². The molecule has 250 valence electrons. The fourth-order valence-corrected chi connectivity index (χ4v) is 4.48. The van der Waals surface area contributed by atoms with Gasteiger partial charge in [-0.15, -0.1) is 12.3 Å². The van der Waals surface area contributed by atoms with Crippen LogP contribution in [0.4, 0.5) is 0 Å². The molecular formula is C31H53N5O8. The molecule has 0 aromatic heterocycles. The highest BCUT2D eigenvalue weighted by molar-refractivity contribution is 5.92. The normalized spacial score (nSPS) is 15.0. The van der Waals surface area contributed by atoms with Gasteiger partial charge >= 0.3 is 5.97 Å². The maximum absolute atomic E-state index is 13.4. The molecule has 0 unspecified atom stereocenters. The number of aliphatic carboxylic acids is 1. The fraction of sp³-hybridized carbons (Fsp3) is 0.742. The molecule has 6 atom stereocenters. The minimum Gasteiger partial charge on any atom is -0.481 e. The lowest BCUT2D eigenvalue weighted by Crippen LogP contribution is -2.57. The Bertz CT molecular complexity index is 996. The SMILES string of the molecule is C#CC[C@H](NC(=O)C[C@H](O)[C@H](CC(C)C)NC(=O)[C@H](CCC)NC(=O)[C@@H](NC(=O)CCCC(=O)O)[C@H](C)CC)C(=O)NCC. The lowest BCUT2D eigenvalue weighted by molar-refractivity contribution is -0.137. The molecule has 0 aromatic rings. The molecule has 5 amide bonds. The Morgan fingerprint density at radius 2 is 1.48 bits per heavy atom. The van der Waals surface area contributed by atoms with Gasteiger partial charge in [0.15, 0.2) is 0 Å². The van der Waals surface area contributed by atoms with E-state index in [-0.39, 0.29) is 43.9 Å². The van der Waals surface area contributed by atoms with Crippen molar-refractivity contribution in [1.82, 2.24) is 26.6 Å². The molecule has 0 saturated heterocycles. The molecule has 0 fully saturated rings. The molecular weight excluding hydrogens is 570 g/mol. The van der Waals surface area contributed by atoms with E-state index in [0.717, 1.165) is 0 Å². The Hall–Kier alpha value is -3.66. The van der Waals surface area contributed by atoms with Crippen LogP contribution in [0.5, 0.6) is 0 Å². The number of aliphatic hydroxyl groups is 1. The zero-order valence-corrected chi connectivity index (χ0v) is 27.0. The quantitative estimate of drug-likeness (QED) is 0.0865. The first-order valence-electron chi connectivity index (χ1n) is 15.5. The molecule has 0 heterocycles. The van der Waals surface area contributed by atoms with Crippen LogP contribution in [0.15, 0.2) is 0 Å². The highest BCUT2D eigenvalue weighted by atomic mass is 16.4. The van der Waals surface area contributed by atoms with Gasteiger partial charge in [0, 0.05) is 25.8 Å². The molecule has 0 aromatic carbocycles. The van der Waals surface area contributed by atoms with Gasteiger partial charge in [-0.25, -0.2) is 0 Å². The molecule has 0 saturated carbocycles. The van der Waals surface area contributed by atoms with Crippen LogP contribution in [0.25, 0.3) is 0 Å². The molecule has 0 bridgehead atoms. The van der Waals surface area contributed by atoms with Gasteiger partial charge in [0.05, 0.1) is 18.6 Å². The summed E-state index contributed by atoms with van der Waals surface area (Å²) < 4.78 is 0. The average molecular weight is 624 g/mol. The van der Waals surface area contributed by atoms with E-state index in [9.17, 15) is 33.9 Å². The smallest absolute Gasteiger partial charge is 0.303 e. The number of hydrogen-bond acceptors (Lipinski definition) is 7. The van der Waals surface area contributed by atoms with E-state index >= 15 is 0 Å². The number of nitrogens with one attached hydrogen (secondary N) is 5. The monoisotopic (exact) mass is 623 g/mol. The van der Waals surface area contributed by atoms with Crippen LogP contribution in [0.1, 0.15) is 99.3 Å². The number of amides is 5. The number of carbonyl (C=O) groups is 6. The summed E-state index contributed by atoms with van der Waals surface area (Å²) in [6, 6.07) is -3.71. The number of rotatable bonds is 22. The van der Waals surface area contributed by atoms with E-state index < -0.39 is 72.2 Å². The summed E-state index contributed by atoms with van der Waals surface area (Å²) in [6.07, 6.45) is 5.24. The largest absolute Gasteiger partial charge is 0.481 e. The average Bonchev–Trinajstić information content (AvgIpc) is 2.94. The third-order valence-electron chi connectivity index (χ3n) is 7.05. The zero-order chi connectivity index (χ0) is 33.8. The molecule has 44 heavy (non-hydrogen) atoms. The standard InChI is InChI=1S/C31H53N5O8/c1-8-13-21(29(42)32-11-4)33-26(39)18-24(37)23(17-19(5)6)35-30(43)22(14-9-2)34-31(44)28(20(7)10-3)36-25(38)15-12-16-27(40)41/h1,19-24,28,37H,9-18H2,2-7H3,(H,32,42)(H,33,39)(H,34,44)(H,35,43)(H,36,38)(H,40,41)/t20-,21+,22+,23+,24+,28+/m1/s1. The summed E-state index contributed by atoms with van der Waals surface area (Å²) >= 11 is 0. The van der Waals surface area contributed by atoms with E-state index in [1.807, 2.05) is 27.7 Å². The molecule has 7 N–H and O–H groups in total. The Labute approximate surface area is 261 Å². The molecule has 13 heteroatoms. The number of carboxylic acids is 1. The van der Waals surface area contributed by atoms with Gasteiger partial charge in [0.2, 0.25) is 29.5 Å². The number of terminal acetylenes is 1. The highest BCUT2D eigenvalue weighted by Crippen LogP contribution is 2.14. The predicted octanol–water partition coefficient (Wildman–Crippen LogP) is 0.983. The topological polar surface area (TPSA) is 203 Å². The zero-order valence-electron chi connectivity index (χ0n) is 27.0. The van der Waals surface area contributed by atoms with Crippen molar-refractivity contribution in [2.75, 3.05) is 6.54 Å². The highest BCUT2D eigenvalue weighted by Gasteiger charge is 2.32. The first-order valence-corrected chi connectivity index (χ1v) is 15.5. The van der Waals surface area contributed by atoms with Crippen molar-refractivity contribution in [3.8, 4) is 12.3 Å². The number of aliphatic hydroxyl groups excluding tert-OH is 1. The van der Waals surface area contributed by atoms with Gasteiger partial charge < -0.3 is 36.8 Å². The third-order valence-corrected chi connectivity index (χ3v) is 7.05. The van der Waals surface area contributed by atoms with Gasteiger partial charge in [-0.2, -0.15) is 0 Å². The van der Waals surface area contributed by atoms with E-state index in [4.69, 9.17) is 11.5 Å². The summed E-state index contributed by atoms with van der Waals surface area (Å²) in [7, 11) is 0. The van der Waals surface area contributed by atoms with Crippen LogP contribution in [-0.2, 0) is 28.8 Å². The Morgan fingerprint density at radius 3 is 2.00 bits per heavy atom. The predicted molar refractivity (Wildman–Crippen MR) is 166 cm³/mol. The number of carboxylic acid groups (broad SMARTS) is 1. The van der Waals surface area contributed by atoms with Crippen molar-refractivity contribution in [3.05, 3.63) is 0 Å². The van der Waals surface area contributed by atoms with Crippen molar-refractivity contribution in [2.45, 2.75) is 130 Å².